The molecule has 2 aromatic carbocycles. The van der Waals surface area contributed by atoms with Crippen molar-refractivity contribution in [1.82, 2.24) is 25.2 Å². The summed E-state index contributed by atoms with van der Waals surface area (Å²) in [6.45, 7) is -0.812. The van der Waals surface area contributed by atoms with Crippen LogP contribution in [0.4, 0.5) is 17.6 Å². The van der Waals surface area contributed by atoms with Crippen LogP contribution in [-0.4, -0.2) is 36.7 Å². The zero-order valence-electron chi connectivity index (χ0n) is 15.1. The molecule has 4 aromatic rings. The molecule has 11 heteroatoms. The van der Waals surface area contributed by atoms with Gasteiger partial charge in [-0.25, -0.2) is 17.6 Å². The second-order valence-corrected chi connectivity index (χ2v) is 6.59. The fourth-order valence-corrected chi connectivity index (χ4v) is 2.82. The molecule has 4 rings (SSSR count). The molecule has 0 radical (unpaired) electrons. The first-order chi connectivity index (χ1) is 14.3. The minimum absolute atomic E-state index is 0.414. The van der Waals surface area contributed by atoms with Gasteiger partial charge in [0.05, 0.1) is 5.52 Å². The summed E-state index contributed by atoms with van der Waals surface area (Å²) in [6.07, 6.45) is -0.568. The molecule has 2 heterocycles. The minimum Gasteiger partial charge on any atom is -0.377 e. The maximum Gasteiger partial charge on any atom is 0.272 e. The number of nitrogens with zero attached hydrogens (tertiary/aromatic N) is 5. The van der Waals surface area contributed by atoms with E-state index in [4.69, 9.17) is 11.6 Å². The van der Waals surface area contributed by atoms with Crippen LogP contribution in [-0.2, 0) is 12.1 Å². The Morgan fingerprint density at radius 1 is 1.10 bits per heavy atom. The highest BCUT2D eigenvalue weighted by Gasteiger charge is 2.43. The molecule has 0 aliphatic rings. The van der Waals surface area contributed by atoms with E-state index in [0.29, 0.717) is 10.9 Å². The van der Waals surface area contributed by atoms with Crippen LogP contribution < -0.4 is 0 Å². The number of fused-ring (bicyclic) bond motifs is 1. The number of pyridine rings is 1. The van der Waals surface area contributed by atoms with E-state index < -0.39 is 35.8 Å². The Labute approximate surface area is 172 Å². The molecule has 1 N–H and O–H groups in total. The van der Waals surface area contributed by atoms with E-state index in [1.54, 1.807) is 6.20 Å². The fourth-order valence-electron chi connectivity index (χ4n) is 2.64. The molecule has 2 aromatic heterocycles. The molecule has 0 fully saturated rings. The highest BCUT2D eigenvalue weighted by atomic mass is 35.5. The number of aromatic nitrogens is 5. The monoisotopic (exact) mass is 439 g/mol. The number of tetrazole rings is 1. The lowest BCUT2D eigenvalue weighted by Gasteiger charge is -2.27. The lowest BCUT2D eigenvalue weighted by molar-refractivity contribution is -0.118. The van der Waals surface area contributed by atoms with E-state index in [9.17, 15) is 22.7 Å². The quantitative estimate of drug-likeness (QED) is 0.486. The lowest BCUT2D eigenvalue weighted by Crippen LogP contribution is -2.40. The highest BCUT2D eigenvalue weighted by Crippen LogP contribution is 2.32. The molecule has 0 aliphatic heterocycles. The molecule has 0 aliphatic carbocycles. The van der Waals surface area contributed by atoms with Crippen molar-refractivity contribution in [2.45, 2.75) is 18.6 Å². The maximum atomic E-state index is 13.5. The predicted octanol–water partition coefficient (Wildman–Crippen LogP) is 3.99. The third-order valence-corrected chi connectivity index (χ3v) is 4.33. The number of alkyl halides is 2. The summed E-state index contributed by atoms with van der Waals surface area (Å²) in [5.41, 5.74) is -2.63. The lowest BCUT2D eigenvalue weighted by atomic mass is 9.93. The number of rotatable bonds is 4. The van der Waals surface area contributed by atoms with Gasteiger partial charge in [0.25, 0.3) is 6.43 Å². The van der Waals surface area contributed by atoms with Gasteiger partial charge < -0.3 is 5.11 Å². The molecule has 0 saturated carbocycles. The SMILES string of the molecule is Clc1ccc2ncccc2c1.OC(Cn1ncnn1)(c1ccc(F)cc1F)C(F)F. The van der Waals surface area contributed by atoms with Crippen molar-refractivity contribution in [1.29, 1.82) is 0 Å². The van der Waals surface area contributed by atoms with Gasteiger partial charge in [0, 0.05) is 28.2 Å². The maximum absolute atomic E-state index is 13.5. The highest BCUT2D eigenvalue weighted by molar-refractivity contribution is 6.31. The second kappa shape index (κ2) is 9.14. The van der Waals surface area contributed by atoms with Gasteiger partial charge in [0.1, 0.15) is 18.2 Å². The summed E-state index contributed by atoms with van der Waals surface area (Å²) in [5, 5.41) is 21.9. The van der Waals surface area contributed by atoms with Gasteiger partial charge in [-0.3, -0.25) is 4.98 Å². The molecule has 30 heavy (non-hydrogen) atoms. The number of benzene rings is 2. The van der Waals surface area contributed by atoms with Gasteiger partial charge in [-0.2, -0.15) is 4.80 Å². The Bertz CT molecular complexity index is 1130. The summed E-state index contributed by atoms with van der Waals surface area (Å²) in [7, 11) is 0. The van der Waals surface area contributed by atoms with Gasteiger partial charge >= 0.3 is 0 Å². The first-order valence-electron chi connectivity index (χ1n) is 8.47. The Morgan fingerprint density at radius 3 is 2.57 bits per heavy atom. The topological polar surface area (TPSA) is 76.7 Å². The third kappa shape index (κ3) is 4.89. The van der Waals surface area contributed by atoms with Crippen LogP contribution in [0.5, 0.6) is 0 Å². The molecule has 156 valence electrons. The van der Waals surface area contributed by atoms with Crippen molar-refractivity contribution in [3.63, 3.8) is 0 Å². The van der Waals surface area contributed by atoms with Crippen LogP contribution in [0, 0.1) is 11.6 Å². The zero-order chi connectivity index (χ0) is 21.7. The Hall–Kier alpha value is -3.11. The van der Waals surface area contributed by atoms with E-state index in [1.807, 2.05) is 30.3 Å². The zero-order valence-corrected chi connectivity index (χ0v) is 15.9. The van der Waals surface area contributed by atoms with Crippen molar-refractivity contribution >= 4 is 22.5 Å². The van der Waals surface area contributed by atoms with Crippen molar-refractivity contribution in [3.05, 3.63) is 83.3 Å². The van der Waals surface area contributed by atoms with Crippen molar-refractivity contribution in [2.24, 2.45) is 0 Å². The predicted molar refractivity (Wildman–Crippen MR) is 101 cm³/mol. The summed E-state index contributed by atoms with van der Waals surface area (Å²) in [4.78, 5) is 4.85. The molecular formula is C19H14ClF4N5O. The molecule has 6 nitrogen and oxygen atoms in total. The van der Waals surface area contributed by atoms with Gasteiger partial charge in [-0.1, -0.05) is 23.7 Å². The molecule has 1 atom stereocenters. The van der Waals surface area contributed by atoms with Gasteiger partial charge in [-0.05, 0) is 35.5 Å². The number of halogens is 5. The van der Waals surface area contributed by atoms with Crippen LogP contribution in [0.3, 0.4) is 0 Å². The van der Waals surface area contributed by atoms with Crippen molar-refractivity contribution in [3.8, 4) is 0 Å². The standard InChI is InChI=1S/C10H8F4N4O.C9H6ClN/c11-6-1-2-7(8(12)3-6)10(19,9(13)14)4-18-16-5-15-17-18;10-8-3-4-9-7(6-8)2-1-5-11-9/h1-3,5,9,19H,4H2;1-6H. The van der Waals surface area contributed by atoms with Gasteiger partial charge in [0.15, 0.2) is 11.9 Å². The third-order valence-electron chi connectivity index (χ3n) is 4.10. The molecule has 1 unspecified atom stereocenters. The Kier molecular flexibility index (Phi) is 6.58. The fraction of sp³-hybridized carbons (Fsp3) is 0.158. The molecule has 0 amide bonds. The Morgan fingerprint density at radius 2 is 1.90 bits per heavy atom. The molecule has 0 bridgehead atoms. The molecular weight excluding hydrogens is 426 g/mol. The first-order valence-corrected chi connectivity index (χ1v) is 8.84. The van der Waals surface area contributed by atoms with E-state index >= 15 is 0 Å². The van der Waals surface area contributed by atoms with Crippen LogP contribution in [0.15, 0.2) is 61.1 Å². The van der Waals surface area contributed by atoms with Gasteiger partial charge in [-0.15, -0.1) is 10.2 Å². The average Bonchev–Trinajstić information content (AvgIpc) is 3.21. The van der Waals surface area contributed by atoms with Crippen LogP contribution in [0.2, 0.25) is 5.02 Å². The van der Waals surface area contributed by atoms with E-state index in [1.165, 1.54) is 0 Å². The van der Waals surface area contributed by atoms with Crippen molar-refractivity contribution in [2.75, 3.05) is 0 Å². The number of hydrogen-bond donors (Lipinski definition) is 1. The first kappa shape index (κ1) is 21.6. The van der Waals surface area contributed by atoms with Crippen LogP contribution >= 0.6 is 11.6 Å². The average molecular weight is 440 g/mol. The number of aliphatic hydroxyl groups is 1. The summed E-state index contributed by atoms with van der Waals surface area (Å²) < 4.78 is 52.4. The Balaban J connectivity index is 0.000000196. The summed E-state index contributed by atoms with van der Waals surface area (Å²) in [5.74, 6) is -2.21. The van der Waals surface area contributed by atoms with E-state index in [-0.39, 0.29) is 0 Å². The van der Waals surface area contributed by atoms with E-state index in [0.717, 1.165) is 34.4 Å². The second-order valence-electron chi connectivity index (χ2n) is 6.16. The van der Waals surface area contributed by atoms with E-state index in [2.05, 4.69) is 20.4 Å². The normalized spacial score (nSPS) is 13.0. The van der Waals surface area contributed by atoms with Crippen LogP contribution in [0.1, 0.15) is 5.56 Å². The summed E-state index contributed by atoms with van der Waals surface area (Å²) in [6, 6.07) is 11.5. The minimum atomic E-state index is -3.32. The van der Waals surface area contributed by atoms with Crippen molar-refractivity contribution < 1.29 is 22.7 Å². The summed E-state index contributed by atoms with van der Waals surface area (Å²) >= 11 is 5.79. The number of hydrogen-bond acceptors (Lipinski definition) is 5. The smallest absolute Gasteiger partial charge is 0.272 e. The van der Waals surface area contributed by atoms with Crippen LogP contribution in [0.25, 0.3) is 10.9 Å². The molecule has 0 spiro atoms. The largest absolute Gasteiger partial charge is 0.377 e. The molecule has 0 saturated heterocycles. The van der Waals surface area contributed by atoms with Gasteiger partial charge in [0.2, 0.25) is 0 Å².